The van der Waals surface area contributed by atoms with E-state index >= 15 is 0 Å². The summed E-state index contributed by atoms with van der Waals surface area (Å²) in [4.78, 5) is 4.27. The lowest BCUT2D eigenvalue weighted by atomic mass is 10.2. The molecule has 2 aromatic rings. The van der Waals surface area contributed by atoms with Crippen LogP contribution >= 0.6 is 31.9 Å². The zero-order valence-corrected chi connectivity index (χ0v) is 13.7. The van der Waals surface area contributed by atoms with E-state index in [9.17, 15) is 0 Å². The van der Waals surface area contributed by atoms with E-state index in [1.807, 2.05) is 31.3 Å². The summed E-state index contributed by atoms with van der Waals surface area (Å²) in [6, 6.07) is 9.96. The molecule has 5 heteroatoms. The molecule has 0 saturated carbocycles. The van der Waals surface area contributed by atoms with E-state index in [1.165, 1.54) is 5.56 Å². The molecule has 0 bridgehead atoms. The van der Waals surface area contributed by atoms with Gasteiger partial charge in [0.05, 0.1) is 10.2 Å². The molecule has 19 heavy (non-hydrogen) atoms. The van der Waals surface area contributed by atoms with Crippen LogP contribution in [0.25, 0.3) is 0 Å². The first-order valence-electron chi connectivity index (χ1n) is 5.85. The van der Waals surface area contributed by atoms with E-state index in [2.05, 4.69) is 48.2 Å². The number of hydrogen-bond acceptors (Lipinski definition) is 3. The van der Waals surface area contributed by atoms with Crippen molar-refractivity contribution in [2.45, 2.75) is 13.2 Å². The first kappa shape index (κ1) is 14.5. The maximum atomic E-state index is 5.75. The molecule has 3 nitrogen and oxygen atoms in total. The summed E-state index contributed by atoms with van der Waals surface area (Å²) >= 11 is 6.88. The van der Waals surface area contributed by atoms with Gasteiger partial charge in [0.2, 0.25) is 0 Å². The molecule has 0 aliphatic heterocycles. The molecule has 0 aliphatic carbocycles. The lowest BCUT2D eigenvalue weighted by molar-refractivity contribution is 0.299. The molecule has 1 N–H and O–H groups in total. The van der Waals surface area contributed by atoms with Crippen molar-refractivity contribution < 1.29 is 4.74 Å². The largest absolute Gasteiger partial charge is 0.486 e. The summed E-state index contributed by atoms with van der Waals surface area (Å²) in [5, 5.41) is 3.12. The first-order valence-corrected chi connectivity index (χ1v) is 7.44. The summed E-state index contributed by atoms with van der Waals surface area (Å²) in [5.41, 5.74) is 2.11. The lowest BCUT2D eigenvalue weighted by Gasteiger charge is -2.09. The molecule has 100 valence electrons. The van der Waals surface area contributed by atoms with Crippen molar-refractivity contribution in [1.82, 2.24) is 10.3 Å². The number of hydrogen-bond donors (Lipinski definition) is 1. The van der Waals surface area contributed by atoms with E-state index < -0.39 is 0 Å². The molecule has 1 heterocycles. The van der Waals surface area contributed by atoms with E-state index in [-0.39, 0.29) is 0 Å². The third-order valence-corrected chi connectivity index (χ3v) is 3.63. The Labute approximate surface area is 129 Å². The molecule has 0 aliphatic rings. The fourth-order valence-electron chi connectivity index (χ4n) is 1.62. The summed E-state index contributed by atoms with van der Waals surface area (Å²) in [6.45, 7) is 1.30. The SMILES string of the molecule is CNCc1ccc(OCc2ccc(Br)cn2)c(Br)c1. The maximum absolute atomic E-state index is 5.75. The van der Waals surface area contributed by atoms with Crippen LogP contribution in [0.15, 0.2) is 45.5 Å². The third kappa shape index (κ3) is 4.30. The van der Waals surface area contributed by atoms with E-state index in [0.717, 1.165) is 26.9 Å². The normalized spacial score (nSPS) is 10.5. The zero-order chi connectivity index (χ0) is 13.7. The smallest absolute Gasteiger partial charge is 0.134 e. The highest BCUT2D eigenvalue weighted by molar-refractivity contribution is 9.10. The van der Waals surface area contributed by atoms with Gasteiger partial charge in [-0.05, 0) is 68.7 Å². The predicted molar refractivity (Wildman–Crippen MR) is 83.2 cm³/mol. The van der Waals surface area contributed by atoms with Crippen LogP contribution in [0.3, 0.4) is 0 Å². The van der Waals surface area contributed by atoms with Crippen LogP contribution in [-0.2, 0) is 13.2 Å². The topological polar surface area (TPSA) is 34.1 Å². The molecule has 0 atom stereocenters. The van der Waals surface area contributed by atoms with Gasteiger partial charge in [0, 0.05) is 17.2 Å². The van der Waals surface area contributed by atoms with Crippen molar-refractivity contribution >= 4 is 31.9 Å². The number of nitrogens with one attached hydrogen (secondary N) is 1. The van der Waals surface area contributed by atoms with Crippen molar-refractivity contribution in [2.75, 3.05) is 7.05 Å². The fraction of sp³-hybridized carbons (Fsp3) is 0.214. The van der Waals surface area contributed by atoms with Crippen LogP contribution in [0.4, 0.5) is 0 Å². The van der Waals surface area contributed by atoms with Crippen molar-refractivity contribution in [3.8, 4) is 5.75 Å². The Bertz CT molecular complexity index is 544. The Morgan fingerprint density at radius 1 is 1.21 bits per heavy atom. The Kier molecular flexibility index (Phi) is 5.36. The average Bonchev–Trinajstić information content (AvgIpc) is 2.40. The van der Waals surface area contributed by atoms with Crippen LogP contribution < -0.4 is 10.1 Å². The monoisotopic (exact) mass is 384 g/mol. The van der Waals surface area contributed by atoms with Gasteiger partial charge in [-0.1, -0.05) is 6.07 Å². The van der Waals surface area contributed by atoms with Gasteiger partial charge in [0.25, 0.3) is 0 Å². The van der Waals surface area contributed by atoms with E-state index in [4.69, 9.17) is 4.74 Å². The molecular formula is C14H14Br2N2O. The second-order valence-electron chi connectivity index (χ2n) is 4.05. The second kappa shape index (κ2) is 7.03. The van der Waals surface area contributed by atoms with Gasteiger partial charge in [0.1, 0.15) is 12.4 Å². The Morgan fingerprint density at radius 3 is 2.68 bits per heavy atom. The van der Waals surface area contributed by atoms with Gasteiger partial charge < -0.3 is 10.1 Å². The molecule has 0 radical (unpaired) electrons. The number of ether oxygens (including phenoxy) is 1. The number of halogens is 2. The number of nitrogens with zero attached hydrogens (tertiary/aromatic N) is 1. The average molecular weight is 386 g/mol. The molecule has 0 fully saturated rings. The van der Waals surface area contributed by atoms with E-state index in [1.54, 1.807) is 6.20 Å². The van der Waals surface area contributed by atoms with Gasteiger partial charge in [-0.2, -0.15) is 0 Å². The molecule has 1 aromatic heterocycles. The van der Waals surface area contributed by atoms with Crippen LogP contribution in [0.5, 0.6) is 5.75 Å². The molecule has 0 amide bonds. The van der Waals surface area contributed by atoms with Gasteiger partial charge >= 0.3 is 0 Å². The highest BCUT2D eigenvalue weighted by atomic mass is 79.9. The second-order valence-corrected chi connectivity index (χ2v) is 5.82. The van der Waals surface area contributed by atoms with Crippen molar-refractivity contribution in [3.63, 3.8) is 0 Å². The zero-order valence-electron chi connectivity index (χ0n) is 10.5. The molecule has 0 spiro atoms. The molecule has 0 unspecified atom stereocenters. The Hall–Kier alpha value is -0.910. The predicted octanol–water partition coefficient (Wildman–Crippen LogP) is 3.91. The van der Waals surface area contributed by atoms with Crippen LogP contribution in [0.1, 0.15) is 11.3 Å². The standard InChI is InChI=1S/C14H14Br2N2O/c1-17-7-10-2-5-14(13(16)6-10)19-9-12-4-3-11(15)8-18-12/h2-6,8,17H,7,9H2,1H3. The minimum atomic E-state index is 0.456. The van der Waals surface area contributed by atoms with Gasteiger partial charge in [0.15, 0.2) is 0 Å². The number of benzene rings is 1. The van der Waals surface area contributed by atoms with Gasteiger partial charge in [-0.25, -0.2) is 0 Å². The number of rotatable bonds is 5. The first-order chi connectivity index (χ1) is 9.19. The minimum absolute atomic E-state index is 0.456. The minimum Gasteiger partial charge on any atom is -0.486 e. The molecule has 1 aromatic carbocycles. The van der Waals surface area contributed by atoms with E-state index in [0.29, 0.717) is 6.61 Å². The van der Waals surface area contributed by atoms with Crippen LogP contribution in [-0.4, -0.2) is 12.0 Å². The van der Waals surface area contributed by atoms with Crippen molar-refractivity contribution in [3.05, 3.63) is 56.7 Å². The summed E-state index contributed by atoms with van der Waals surface area (Å²) in [7, 11) is 1.93. The highest BCUT2D eigenvalue weighted by Crippen LogP contribution is 2.26. The summed E-state index contributed by atoms with van der Waals surface area (Å²) in [6.07, 6.45) is 1.77. The number of aromatic nitrogens is 1. The molecule has 2 rings (SSSR count). The Morgan fingerprint density at radius 2 is 2.05 bits per heavy atom. The summed E-state index contributed by atoms with van der Waals surface area (Å²) in [5.74, 6) is 0.824. The van der Waals surface area contributed by atoms with Crippen molar-refractivity contribution in [1.29, 1.82) is 0 Å². The van der Waals surface area contributed by atoms with Gasteiger partial charge in [-0.15, -0.1) is 0 Å². The van der Waals surface area contributed by atoms with Crippen LogP contribution in [0.2, 0.25) is 0 Å². The molecule has 0 saturated heterocycles. The highest BCUT2D eigenvalue weighted by Gasteiger charge is 2.03. The van der Waals surface area contributed by atoms with Crippen molar-refractivity contribution in [2.24, 2.45) is 0 Å². The molecular weight excluding hydrogens is 372 g/mol. The maximum Gasteiger partial charge on any atom is 0.134 e. The quantitative estimate of drug-likeness (QED) is 0.847. The lowest BCUT2D eigenvalue weighted by Crippen LogP contribution is -2.05. The Balaban J connectivity index is 2.01. The summed E-state index contributed by atoms with van der Waals surface area (Å²) < 4.78 is 7.67. The fourth-order valence-corrected chi connectivity index (χ4v) is 2.39. The van der Waals surface area contributed by atoms with Crippen LogP contribution in [0, 0.1) is 0 Å². The van der Waals surface area contributed by atoms with Gasteiger partial charge in [-0.3, -0.25) is 4.98 Å². The third-order valence-electron chi connectivity index (χ3n) is 2.54. The number of pyridine rings is 1.